The van der Waals surface area contributed by atoms with Gasteiger partial charge in [-0.3, -0.25) is 9.63 Å². The van der Waals surface area contributed by atoms with Gasteiger partial charge in [0.15, 0.2) is 0 Å². The van der Waals surface area contributed by atoms with Gasteiger partial charge in [-0.05, 0) is 18.4 Å². The first-order chi connectivity index (χ1) is 11.8. The van der Waals surface area contributed by atoms with Crippen LogP contribution in [-0.2, 0) is 16.2 Å². The molecule has 0 radical (unpaired) electrons. The maximum absolute atomic E-state index is 12.4. The van der Waals surface area contributed by atoms with E-state index in [0.29, 0.717) is 19.5 Å². The zero-order valence-electron chi connectivity index (χ0n) is 13.8. The highest BCUT2D eigenvalue weighted by Gasteiger charge is 2.17. The highest BCUT2D eigenvalue weighted by Crippen LogP contribution is 2.15. The van der Waals surface area contributed by atoms with Crippen LogP contribution >= 0.6 is 0 Å². The van der Waals surface area contributed by atoms with Crippen molar-refractivity contribution in [3.05, 3.63) is 54.6 Å². The zero-order chi connectivity index (χ0) is 16.6. The molecular formula is C18H24N4O2. The standard InChI is InChI=1S/C18H24N4O2/c23-18(8-11-22-10-4-5-13-24-22)20-17(14-21-12-9-19-15-21)16-6-2-1-3-7-16/h1-3,6-7,9,12,15,17H,4-5,8,10-11,13-14H2,(H,20,23)/t17-/m0/s1. The van der Waals surface area contributed by atoms with Gasteiger partial charge in [0.2, 0.25) is 5.91 Å². The van der Waals surface area contributed by atoms with Gasteiger partial charge >= 0.3 is 0 Å². The lowest BCUT2D eigenvalue weighted by atomic mass is 10.1. The fourth-order valence-electron chi connectivity index (χ4n) is 2.84. The topological polar surface area (TPSA) is 59.4 Å². The zero-order valence-corrected chi connectivity index (χ0v) is 13.8. The number of hydrogen-bond acceptors (Lipinski definition) is 4. The molecule has 1 saturated heterocycles. The number of hydroxylamine groups is 2. The number of nitrogens with one attached hydrogen (secondary N) is 1. The number of carbonyl (C=O) groups excluding carboxylic acids is 1. The summed E-state index contributed by atoms with van der Waals surface area (Å²) in [6.45, 7) is 2.97. The number of aromatic nitrogens is 2. The number of nitrogens with zero attached hydrogens (tertiary/aromatic N) is 3. The minimum absolute atomic E-state index is 0.0399. The van der Waals surface area contributed by atoms with Crippen molar-refractivity contribution in [1.82, 2.24) is 19.9 Å². The van der Waals surface area contributed by atoms with Crippen LogP contribution in [-0.4, -0.2) is 40.2 Å². The molecule has 0 saturated carbocycles. The van der Waals surface area contributed by atoms with Crippen LogP contribution in [0, 0.1) is 0 Å². The van der Waals surface area contributed by atoms with Crippen molar-refractivity contribution in [2.24, 2.45) is 0 Å². The normalized spacial score (nSPS) is 16.7. The second-order valence-electron chi connectivity index (χ2n) is 6.01. The molecule has 2 heterocycles. The first-order valence-electron chi connectivity index (χ1n) is 8.49. The molecular weight excluding hydrogens is 304 g/mol. The molecule has 3 rings (SSSR count). The minimum Gasteiger partial charge on any atom is -0.347 e. The second kappa shape index (κ2) is 8.61. The van der Waals surface area contributed by atoms with E-state index < -0.39 is 0 Å². The molecule has 1 aromatic heterocycles. The highest BCUT2D eigenvalue weighted by atomic mass is 16.7. The Bertz CT molecular complexity index is 609. The number of rotatable bonds is 7. The Morgan fingerprint density at radius 2 is 2.17 bits per heavy atom. The fourth-order valence-corrected chi connectivity index (χ4v) is 2.84. The van der Waals surface area contributed by atoms with Gasteiger partial charge in [0.1, 0.15) is 0 Å². The van der Waals surface area contributed by atoms with Gasteiger partial charge in [0, 0.05) is 38.4 Å². The summed E-state index contributed by atoms with van der Waals surface area (Å²) in [5.41, 5.74) is 1.09. The lowest BCUT2D eigenvalue weighted by Crippen LogP contribution is -2.36. The molecule has 128 valence electrons. The van der Waals surface area contributed by atoms with Crippen molar-refractivity contribution in [2.75, 3.05) is 19.7 Å². The quantitative estimate of drug-likeness (QED) is 0.846. The minimum atomic E-state index is -0.0739. The van der Waals surface area contributed by atoms with Crippen LogP contribution in [0.15, 0.2) is 49.1 Å². The molecule has 1 aliphatic heterocycles. The van der Waals surface area contributed by atoms with Crippen molar-refractivity contribution < 1.29 is 9.63 Å². The van der Waals surface area contributed by atoms with E-state index in [2.05, 4.69) is 10.3 Å². The summed E-state index contributed by atoms with van der Waals surface area (Å²) in [6.07, 6.45) is 8.09. The van der Waals surface area contributed by atoms with Crippen LogP contribution in [0.1, 0.15) is 30.9 Å². The smallest absolute Gasteiger partial charge is 0.221 e. The van der Waals surface area contributed by atoms with Crippen LogP contribution in [0.2, 0.25) is 0 Å². The Kier molecular flexibility index (Phi) is 5.98. The lowest BCUT2D eigenvalue weighted by molar-refractivity contribution is -0.181. The molecule has 1 aliphatic rings. The Morgan fingerprint density at radius 3 is 2.88 bits per heavy atom. The fraction of sp³-hybridized carbons (Fsp3) is 0.444. The molecule has 0 unspecified atom stereocenters. The van der Waals surface area contributed by atoms with Crippen LogP contribution in [0.4, 0.5) is 0 Å². The maximum atomic E-state index is 12.4. The predicted molar refractivity (Wildman–Crippen MR) is 90.9 cm³/mol. The number of amides is 1. The van der Waals surface area contributed by atoms with Gasteiger partial charge in [0.25, 0.3) is 0 Å². The maximum Gasteiger partial charge on any atom is 0.221 e. The van der Waals surface area contributed by atoms with Gasteiger partial charge in [-0.25, -0.2) is 4.98 Å². The second-order valence-corrected chi connectivity index (χ2v) is 6.01. The van der Waals surface area contributed by atoms with E-state index in [0.717, 1.165) is 31.6 Å². The molecule has 0 spiro atoms. The molecule has 24 heavy (non-hydrogen) atoms. The third-order valence-corrected chi connectivity index (χ3v) is 4.15. The summed E-state index contributed by atoms with van der Waals surface area (Å²) in [6, 6.07) is 9.96. The van der Waals surface area contributed by atoms with E-state index in [1.807, 2.05) is 46.2 Å². The van der Waals surface area contributed by atoms with Crippen molar-refractivity contribution in [2.45, 2.75) is 31.8 Å². The lowest BCUT2D eigenvalue weighted by Gasteiger charge is -2.26. The van der Waals surface area contributed by atoms with E-state index in [1.165, 1.54) is 0 Å². The summed E-state index contributed by atoms with van der Waals surface area (Å²) in [4.78, 5) is 22.0. The summed E-state index contributed by atoms with van der Waals surface area (Å²) in [5.74, 6) is 0.0399. The summed E-state index contributed by atoms with van der Waals surface area (Å²) in [7, 11) is 0. The Balaban J connectivity index is 1.57. The Hall–Kier alpha value is -2.18. The summed E-state index contributed by atoms with van der Waals surface area (Å²) in [5, 5.41) is 5.04. The molecule has 1 amide bonds. The van der Waals surface area contributed by atoms with E-state index >= 15 is 0 Å². The molecule has 1 fully saturated rings. The van der Waals surface area contributed by atoms with E-state index in [4.69, 9.17) is 4.84 Å². The van der Waals surface area contributed by atoms with E-state index in [1.54, 1.807) is 12.5 Å². The van der Waals surface area contributed by atoms with Gasteiger partial charge in [0.05, 0.1) is 19.0 Å². The third kappa shape index (κ3) is 4.91. The largest absolute Gasteiger partial charge is 0.347 e. The monoisotopic (exact) mass is 328 g/mol. The Labute approximate surface area is 142 Å². The van der Waals surface area contributed by atoms with E-state index in [-0.39, 0.29) is 11.9 Å². The van der Waals surface area contributed by atoms with E-state index in [9.17, 15) is 4.79 Å². The molecule has 0 aliphatic carbocycles. The average molecular weight is 328 g/mol. The summed E-state index contributed by atoms with van der Waals surface area (Å²) >= 11 is 0. The number of imidazole rings is 1. The molecule has 6 nitrogen and oxygen atoms in total. The molecule has 1 N–H and O–H groups in total. The number of carbonyl (C=O) groups is 1. The van der Waals surface area contributed by atoms with Gasteiger partial charge in [-0.2, -0.15) is 5.06 Å². The molecule has 1 atom stereocenters. The molecule has 6 heteroatoms. The molecule has 2 aromatic rings. The van der Waals surface area contributed by atoms with Crippen LogP contribution in [0.5, 0.6) is 0 Å². The van der Waals surface area contributed by atoms with Crippen molar-refractivity contribution in [3.8, 4) is 0 Å². The SMILES string of the molecule is O=C(CCN1CCCCO1)N[C@@H](Cn1ccnc1)c1ccccc1. The third-order valence-electron chi connectivity index (χ3n) is 4.15. The Morgan fingerprint density at radius 1 is 1.29 bits per heavy atom. The van der Waals surface area contributed by atoms with Crippen molar-refractivity contribution >= 4 is 5.91 Å². The number of hydrogen-bond donors (Lipinski definition) is 1. The molecule has 1 aromatic carbocycles. The first kappa shape index (κ1) is 16.7. The first-order valence-corrected chi connectivity index (χ1v) is 8.49. The van der Waals surface area contributed by atoms with Gasteiger partial charge in [-0.15, -0.1) is 0 Å². The van der Waals surface area contributed by atoms with Crippen LogP contribution < -0.4 is 5.32 Å². The van der Waals surface area contributed by atoms with Crippen LogP contribution in [0.25, 0.3) is 0 Å². The van der Waals surface area contributed by atoms with Gasteiger partial charge in [-0.1, -0.05) is 30.3 Å². The van der Waals surface area contributed by atoms with Crippen molar-refractivity contribution in [3.63, 3.8) is 0 Å². The number of benzene rings is 1. The predicted octanol–water partition coefficient (Wildman–Crippen LogP) is 2.16. The molecule has 0 bridgehead atoms. The highest BCUT2D eigenvalue weighted by molar-refractivity contribution is 5.76. The van der Waals surface area contributed by atoms with Crippen molar-refractivity contribution in [1.29, 1.82) is 0 Å². The van der Waals surface area contributed by atoms with Crippen LogP contribution in [0.3, 0.4) is 0 Å². The van der Waals surface area contributed by atoms with Gasteiger partial charge < -0.3 is 9.88 Å². The average Bonchev–Trinajstić information content (AvgIpc) is 3.14. The summed E-state index contributed by atoms with van der Waals surface area (Å²) < 4.78 is 1.98.